The monoisotopic (exact) mass is 142 g/mol. The molecule has 0 atom stereocenters. The molecule has 1 radical (unpaired) electrons. The van der Waals surface area contributed by atoms with Crippen LogP contribution in [0.3, 0.4) is 0 Å². The van der Waals surface area contributed by atoms with Crippen LogP contribution in [-0.4, -0.2) is 11.5 Å². The molecule has 0 aliphatic carbocycles. The second-order valence-corrected chi connectivity index (χ2v) is 2.57. The Hall–Kier alpha value is -0.610. The number of nitrogens with two attached hydrogens (primary N) is 1. The van der Waals surface area contributed by atoms with Gasteiger partial charge in [-0.1, -0.05) is 0 Å². The van der Waals surface area contributed by atoms with Gasteiger partial charge in [-0.3, -0.25) is 5.73 Å². The number of nitrogens with zero attached hydrogens (tertiary/aromatic N) is 1. The summed E-state index contributed by atoms with van der Waals surface area (Å²) in [5.74, 6) is 0. The molecule has 0 bridgehead atoms. The summed E-state index contributed by atoms with van der Waals surface area (Å²) in [5, 5.41) is 2.49. The van der Waals surface area contributed by atoms with Gasteiger partial charge < -0.3 is 5.73 Å². The maximum Gasteiger partial charge on any atom is 0.180 e. The van der Waals surface area contributed by atoms with Crippen molar-refractivity contribution in [2.45, 2.75) is 6.42 Å². The molecular weight excluding hydrogens is 134 g/mol. The van der Waals surface area contributed by atoms with Crippen molar-refractivity contribution in [3.63, 3.8) is 0 Å². The number of hydrogen-bond acceptors (Lipinski definition) is 3. The van der Waals surface area contributed by atoms with Gasteiger partial charge in [-0.05, 0) is 0 Å². The van der Waals surface area contributed by atoms with Gasteiger partial charge in [0, 0.05) is 18.3 Å². The summed E-state index contributed by atoms with van der Waals surface area (Å²) in [4.78, 5) is 3.98. The van der Waals surface area contributed by atoms with Gasteiger partial charge in [0.1, 0.15) is 0 Å². The number of rotatable bonds is 2. The van der Waals surface area contributed by atoms with Gasteiger partial charge >= 0.3 is 0 Å². The molecule has 0 aliphatic rings. The number of nitrogen functional groups attached to an aromatic ring is 1. The molecule has 0 unspecified atom stereocenters. The van der Waals surface area contributed by atoms with Crippen LogP contribution in [0.25, 0.3) is 0 Å². The van der Waals surface area contributed by atoms with Gasteiger partial charge in [-0.15, -0.1) is 11.3 Å². The lowest BCUT2D eigenvalue weighted by Gasteiger charge is -1.85. The zero-order valence-corrected chi connectivity index (χ0v) is 5.74. The topological polar surface area (TPSA) is 62.7 Å². The lowest BCUT2D eigenvalue weighted by molar-refractivity contribution is 0.914. The van der Waals surface area contributed by atoms with Gasteiger partial charge in [0.15, 0.2) is 5.13 Å². The van der Waals surface area contributed by atoms with Crippen molar-refractivity contribution in [1.29, 1.82) is 0 Å². The molecule has 0 fully saturated rings. The summed E-state index contributed by atoms with van der Waals surface area (Å²) in [6.45, 7) is 0.392. The normalized spacial score (nSPS) is 9.89. The highest BCUT2D eigenvalue weighted by Gasteiger charge is 1.94. The van der Waals surface area contributed by atoms with Crippen molar-refractivity contribution >= 4 is 16.5 Å². The van der Waals surface area contributed by atoms with E-state index in [2.05, 4.69) is 4.98 Å². The summed E-state index contributed by atoms with van der Waals surface area (Å²) >= 11 is 1.43. The maximum absolute atomic E-state index is 6.87. The van der Waals surface area contributed by atoms with Crippen LogP contribution >= 0.6 is 11.3 Å². The third kappa shape index (κ3) is 1.65. The summed E-state index contributed by atoms with van der Waals surface area (Å²) in [6.07, 6.45) is 0.716. The molecule has 1 heterocycles. The Bertz CT molecular complexity index is 184. The van der Waals surface area contributed by atoms with Crippen LogP contribution in [0.15, 0.2) is 5.38 Å². The minimum absolute atomic E-state index is 0.392. The highest BCUT2D eigenvalue weighted by molar-refractivity contribution is 7.13. The highest BCUT2D eigenvalue weighted by atomic mass is 32.1. The van der Waals surface area contributed by atoms with Gasteiger partial charge in [-0.25, -0.2) is 4.98 Å². The largest absolute Gasteiger partial charge is 0.375 e. The Kier molecular flexibility index (Phi) is 2.02. The molecule has 3 N–H and O–H groups in total. The summed E-state index contributed by atoms with van der Waals surface area (Å²) in [6, 6.07) is 0. The molecule has 49 valence electrons. The van der Waals surface area contributed by atoms with E-state index < -0.39 is 0 Å². The van der Waals surface area contributed by atoms with E-state index in [-0.39, 0.29) is 0 Å². The van der Waals surface area contributed by atoms with Crippen LogP contribution in [0.5, 0.6) is 0 Å². The van der Waals surface area contributed by atoms with Crippen LogP contribution in [0, 0.1) is 0 Å². The fourth-order valence-electron chi connectivity index (χ4n) is 0.566. The summed E-state index contributed by atoms with van der Waals surface area (Å²) in [5.41, 5.74) is 13.2. The summed E-state index contributed by atoms with van der Waals surface area (Å²) < 4.78 is 0. The van der Waals surface area contributed by atoms with E-state index in [9.17, 15) is 0 Å². The first kappa shape index (κ1) is 6.51. The molecule has 0 saturated carbocycles. The van der Waals surface area contributed by atoms with Crippen molar-refractivity contribution < 1.29 is 0 Å². The third-order valence-electron chi connectivity index (χ3n) is 0.951. The van der Waals surface area contributed by atoms with Gasteiger partial charge in [-0.2, -0.15) is 0 Å². The Morgan fingerprint density at radius 2 is 2.56 bits per heavy atom. The van der Waals surface area contributed by atoms with Gasteiger partial charge in [0.25, 0.3) is 0 Å². The van der Waals surface area contributed by atoms with E-state index in [1.807, 2.05) is 5.38 Å². The minimum atomic E-state index is 0.392. The van der Waals surface area contributed by atoms with Crippen molar-refractivity contribution in [2.24, 2.45) is 0 Å². The van der Waals surface area contributed by atoms with Crippen molar-refractivity contribution in [3.8, 4) is 0 Å². The molecule has 0 spiro atoms. The molecule has 1 rings (SSSR count). The Morgan fingerprint density at radius 1 is 1.78 bits per heavy atom. The first-order valence-corrected chi connectivity index (χ1v) is 3.55. The number of aromatic nitrogens is 1. The van der Waals surface area contributed by atoms with Gasteiger partial charge in [0.05, 0.1) is 5.69 Å². The fourth-order valence-corrected chi connectivity index (χ4v) is 1.16. The summed E-state index contributed by atoms with van der Waals surface area (Å²) in [7, 11) is 0. The Balaban J connectivity index is 2.61. The van der Waals surface area contributed by atoms with Crippen LogP contribution in [0.4, 0.5) is 5.13 Å². The van der Waals surface area contributed by atoms with Gasteiger partial charge in [0.2, 0.25) is 0 Å². The van der Waals surface area contributed by atoms with Crippen LogP contribution < -0.4 is 11.5 Å². The molecule has 1 aromatic heterocycles. The van der Waals surface area contributed by atoms with E-state index in [1.165, 1.54) is 11.3 Å². The second-order valence-electron chi connectivity index (χ2n) is 1.68. The third-order valence-corrected chi connectivity index (χ3v) is 1.67. The van der Waals surface area contributed by atoms with Crippen molar-refractivity contribution in [3.05, 3.63) is 11.1 Å². The number of anilines is 1. The average Bonchev–Trinajstić information content (AvgIpc) is 2.17. The van der Waals surface area contributed by atoms with Crippen LogP contribution in [-0.2, 0) is 6.42 Å². The van der Waals surface area contributed by atoms with Crippen LogP contribution in [0.2, 0.25) is 0 Å². The first-order chi connectivity index (χ1) is 4.33. The van der Waals surface area contributed by atoms with Crippen molar-refractivity contribution in [2.75, 3.05) is 12.3 Å². The van der Waals surface area contributed by atoms with E-state index in [0.29, 0.717) is 18.1 Å². The standard InChI is InChI=1S/C5H8N3S/c6-2-1-4-3-9-5(7)8-4/h3,6H,1-2H2,(H2,7,8). The Labute approximate surface area is 57.7 Å². The van der Waals surface area contributed by atoms with Crippen LogP contribution in [0.1, 0.15) is 5.69 Å². The Morgan fingerprint density at radius 3 is 3.00 bits per heavy atom. The molecule has 0 amide bonds. The molecule has 3 nitrogen and oxygen atoms in total. The lowest BCUT2D eigenvalue weighted by atomic mass is 10.3. The molecule has 9 heavy (non-hydrogen) atoms. The zero-order valence-electron chi connectivity index (χ0n) is 4.92. The number of thiazole rings is 1. The second kappa shape index (κ2) is 2.80. The predicted octanol–water partition coefficient (Wildman–Crippen LogP) is 0.551. The molecule has 0 aliphatic heterocycles. The molecule has 0 aromatic carbocycles. The average molecular weight is 142 g/mol. The van der Waals surface area contributed by atoms with E-state index >= 15 is 0 Å². The molecule has 4 heteroatoms. The predicted molar refractivity (Wildman–Crippen MR) is 38.2 cm³/mol. The number of hydrogen-bond donors (Lipinski definition) is 1. The molecule has 0 saturated heterocycles. The van der Waals surface area contributed by atoms with E-state index in [0.717, 1.165) is 5.69 Å². The maximum atomic E-state index is 6.87. The SMILES string of the molecule is [NH]CCc1csc(N)n1. The fraction of sp³-hybridized carbons (Fsp3) is 0.400. The molecular formula is C5H8N3S. The quantitative estimate of drug-likeness (QED) is 0.655. The first-order valence-electron chi connectivity index (χ1n) is 2.67. The molecule has 1 aromatic rings. The van der Waals surface area contributed by atoms with E-state index in [4.69, 9.17) is 11.5 Å². The zero-order chi connectivity index (χ0) is 6.69. The van der Waals surface area contributed by atoms with Crippen molar-refractivity contribution in [1.82, 2.24) is 10.7 Å². The number of nitrogens with one attached hydrogen (secondary N) is 1. The minimum Gasteiger partial charge on any atom is -0.375 e. The highest BCUT2D eigenvalue weighted by Crippen LogP contribution is 2.10. The van der Waals surface area contributed by atoms with E-state index in [1.54, 1.807) is 0 Å². The smallest absolute Gasteiger partial charge is 0.180 e. The lowest BCUT2D eigenvalue weighted by Crippen LogP contribution is -1.92.